The first-order chi connectivity index (χ1) is 14.2. The molecule has 0 spiro atoms. The molecule has 2 aromatic carbocycles. The van der Waals surface area contributed by atoms with Crippen LogP contribution in [0.1, 0.15) is 57.3 Å². The number of hydrogen-bond acceptors (Lipinski definition) is 3. The third-order valence-corrected chi connectivity index (χ3v) is 4.44. The predicted molar refractivity (Wildman–Crippen MR) is 97.2 cm³/mol. The van der Waals surface area contributed by atoms with Crippen molar-refractivity contribution in [1.82, 2.24) is 10.8 Å². The quantitative estimate of drug-likeness (QED) is 0.343. The smallest absolute Gasteiger partial charge is 0.345 e. The van der Waals surface area contributed by atoms with Crippen LogP contribution in [0, 0.1) is 5.92 Å². The number of hydrogen-bond donors (Lipinski definition) is 3. The van der Waals surface area contributed by atoms with Gasteiger partial charge in [-0.2, -0.15) is 26.3 Å². The average molecular weight is 448 g/mol. The first-order valence-electron chi connectivity index (χ1n) is 8.88. The van der Waals surface area contributed by atoms with Crippen LogP contribution < -0.4 is 10.8 Å². The highest BCUT2D eigenvalue weighted by Crippen LogP contribution is 2.36. The van der Waals surface area contributed by atoms with Gasteiger partial charge in [-0.25, -0.2) is 5.48 Å². The molecule has 11 heteroatoms. The number of amides is 2. The zero-order valence-corrected chi connectivity index (χ0v) is 16.2. The van der Waals surface area contributed by atoms with Crippen molar-refractivity contribution < 1.29 is 41.1 Å². The van der Waals surface area contributed by atoms with E-state index >= 15 is 0 Å². The van der Waals surface area contributed by atoms with Crippen LogP contribution in [0.15, 0.2) is 42.5 Å². The van der Waals surface area contributed by atoms with Crippen molar-refractivity contribution in [3.63, 3.8) is 0 Å². The Morgan fingerprint density at radius 1 is 0.806 bits per heavy atom. The highest BCUT2D eigenvalue weighted by Gasteiger charge is 2.37. The number of halogens is 6. The molecule has 1 atom stereocenters. The molecule has 5 nitrogen and oxygen atoms in total. The Labute approximate surface area is 173 Å². The van der Waals surface area contributed by atoms with Crippen molar-refractivity contribution >= 4 is 11.8 Å². The topological polar surface area (TPSA) is 78.4 Å². The highest BCUT2D eigenvalue weighted by molar-refractivity contribution is 5.95. The van der Waals surface area contributed by atoms with Crippen molar-refractivity contribution in [2.24, 2.45) is 5.92 Å². The second-order valence-corrected chi connectivity index (χ2v) is 7.05. The summed E-state index contributed by atoms with van der Waals surface area (Å²) in [6.07, 6.45) is -10.1. The Morgan fingerprint density at radius 2 is 1.29 bits per heavy atom. The van der Waals surface area contributed by atoms with E-state index in [0.29, 0.717) is 17.7 Å². The fraction of sp³-hybridized carbons (Fsp3) is 0.300. The van der Waals surface area contributed by atoms with E-state index in [-0.39, 0.29) is 17.5 Å². The van der Waals surface area contributed by atoms with E-state index in [1.807, 2.05) is 0 Å². The second-order valence-electron chi connectivity index (χ2n) is 7.05. The van der Waals surface area contributed by atoms with Crippen molar-refractivity contribution in [2.75, 3.05) is 0 Å². The first-order valence-corrected chi connectivity index (χ1v) is 8.88. The van der Waals surface area contributed by atoms with Crippen LogP contribution in [-0.4, -0.2) is 17.0 Å². The molecule has 0 aliphatic rings. The van der Waals surface area contributed by atoms with E-state index in [0.717, 1.165) is 0 Å². The SMILES string of the molecule is CC(C)C(NC(=O)c1cc(C(F)(F)F)cc(C(F)(F)F)c1)c1ccc(C(=O)NO)cc1. The van der Waals surface area contributed by atoms with Crippen molar-refractivity contribution in [1.29, 1.82) is 0 Å². The molecule has 3 N–H and O–H groups in total. The van der Waals surface area contributed by atoms with Crippen molar-refractivity contribution in [3.8, 4) is 0 Å². The van der Waals surface area contributed by atoms with Crippen LogP contribution in [0.4, 0.5) is 26.3 Å². The molecule has 0 saturated heterocycles. The molecule has 2 amide bonds. The maximum absolute atomic E-state index is 13.0. The lowest BCUT2D eigenvalue weighted by atomic mass is 9.94. The van der Waals surface area contributed by atoms with E-state index in [2.05, 4.69) is 5.32 Å². The summed E-state index contributed by atoms with van der Waals surface area (Å²) in [5.41, 5.74) is -1.96. The lowest BCUT2D eigenvalue weighted by molar-refractivity contribution is -0.143. The number of rotatable bonds is 5. The number of benzene rings is 2. The van der Waals surface area contributed by atoms with Gasteiger partial charge in [-0.3, -0.25) is 14.8 Å². The van der Waals surface area contributed by atoms with Gasteiger partial charge in [-0.05, 0) is 41.8 Å². The number of carbonyl (C=O) groups excluding carboxylic acids is 2. The summed E-state index contributed by atoms with van der Waals surface area (Å²) in [5, 5.41) is 11.1. The summed E-state index contributed by atoms with van der Waals surface area (Å²) in [4.78, 5) is 24.0. The number of alkyl halides is 6. The van der Waals surface area contributed by atoms with E-state index < -0.39 is 46.9 Å². The van der Waals surface area contributed by atoms with Crippen LogP contribution in [0.5, 0.6) is 0 Å². The zero-order chi connectivity index (χ0) is 23.6. The molecule has 0 bridgehead atoms. The molecule has 0 aromatic heterocycles. The summed E-state index contributed by atoms with van der Waals surface area (Å²) >= 11 is 0. The van der Waals surface area contributed by atoms with Gasteiger partial charge in [0.05, 0.1) is 17.2 Å². The monoisotopic (exact) mass is 448 g/mol. The second kappa shape index (κ2) is 8.96. The Hall–Kier alpha value is -3.08. The molecule has 31 heavy (non-hydrogen) atoms. The molecule has 168 valence electrons. The first kappa shape index (κ1) is 24.2. The van der Waals surface area contributed by atoms with Crippen LogP contribution in [0.25, 0.3) is 0 Å². The number of hydroxylamine groups is 1. The molecule has 0 aliphatic heterocycles. The number of nitrogens with one attached hydrogen (secondary N) is 2. The highest BCUT2D eigenvalue weighted by atomic mass is 19.4. The maximum atomic E-state index is 13.0. The fourth-order valence-corrected chi connectivity index (χ4v) is 2.85. The Morgan fingerprint density at radius 3 is 1.68 bits per heavy atom. The molecule has 2 rings (SSSR count). The lowest BCUT2D eigenvalue weighted by Crippen LogP contribution is -2.32. The maximum Gasteiger partial charge on any atom is 0.416 e. The Balaban J connectivity index is 2.39. The predicted octanol–water partition coefficient (Wildman–Crippen LogP) is 4.97. The van der Waals surface area contributed by atoms with Gasteiger partial charge in [0.1, 0.15) is 0 Å². The molecule has 1 unspecified atom stereocenters. The van der Waals surface area contributed by atoms with E-state index in [1.165, 1.54) is 29.7 Å². The number of carbonyl (C=O) groups is 2. The summed E-state index contributed by atoms with van der Waals surface area (Å²) in [6, 6.07) is 5.46. The molecule has 0 saturated carbocycles. The van der Waals surface area contributed by atoms with Gasteiger partial charge < -0.3 is 5.32 Å². The van der Waals surface area contributed by atoms with Crippen molar-refractivity contribution in [2.45, 2.75) is 32.2 Å². The van der Waals surface area contributed by atoms with Crippen LogP contribution in [0.2, 0.25) is 0 Å². The largest absolute Gasteiger partial charge is 0.416 e. The van der Waals surface area contributed by atoms with E-state index in [9.17, 15) is 35.9 Å². The molecular weight excluding hydrogens is 430 g/mol. The van der Waals surface area contributed by atoms with Crippen LogP contribution in [0.3, 0.4) is 0 Å². The van der Waals surface area contributed by atoms with Gasteiger partial charge in [-0.1, -0.05) is 26.0 Å². The average Bonchev–Trinajstić information content (AvgIpc) is 2.69. The minimum atomic E-state index is -5.07. The molecule has 0 radical (unpaired) electrons. The fourth-order valence-electron chi connectivity index (χ4n) is 2.85. The van der Waals surface area contributed by atoms with E-state index in [1.54, 1.807) is 13.8 Å². The third-order valence-electron chi connectivity index (χ3n) is 4.44. The van der Waals surface area contributed by atoms with Crippen LogP contribution in [-0.2, 0) is 12.4 Å². The van der Waals surface area contributed by atoms with Gasteiger partial charge in [0.25, 0.3) is 11.8 Å². The minimum Gasteiger partial charge on any atom is -0.345 e. The third kappa shape index (κ3) is 5.97. The van der Waals surface area contributed by atoms with Crippen LogP contribution >= 0.6 is 0 Å². The van der Waals surface area contributed by atoms with Gasteiger partial charge >= 0.3 is 12.4 Å². The summed E-state index contributed by atoms with van der Waals surface area (Å²) in [7, 11) is 0. The van der Waals surface area contributed by atoms with Gasteiger partial charge in [-0.15, -0.1) is 0 Å². The lowest BCUT2D eigenvalue weighted by Gasteiger charge is -2.24. The van der Waals surface area contributed by atoms with Gasteiger partial charge in [0.15, 0.2) is 0 Å². The zero-order valence-electron chi connectivity index (χ0n) is 16.2. The summed E-state index contributed by atoms with van der Waals surface area (Å²) in [5.74, 6) is -2.19. The summed E-state index contributed by atoms with van der Waals surface area (Å²) < 4.78 is 78.2. The van der Waals surface area contributed by atoms with Gasteiger partial charge in [0, 0.05) is 11.1 Å². The molecule has 0 fully saturated rings. The Bertz CT molecular complexity index is 921. The molecule has 0 aliphatic carbocycles. The minimum absolute atomic E-state index is 0.0539. The molecular formula is C20H18F6N2O3. The van der Waals surface area contributed by atoms with Gasteiger partial charge in [0.2, 0.25) is 0 Å². The van der Waals surface area contributed by atoms with Crippen molar-refractivity contribution in [3.05, 3.63) is 70.3 Å². The normalized spacial score (nSPS) is 13.1. The summed E-state index contributed by atoms with van der Waals surface area (Å²) in [6.45, 7) is 3.37. The standard InChI is InChI=1S/C20H18F6N2O3/c1-10(2)16(11-3-5-12(6-4-11)18(30)28-31)27-17(29)13-7-14(19(21,22)23)9-15(8-13)20(24,25)26/h3-10,16,31H,1-2H3,(H,27,29)(H,28,30). The van der Waals surface area contributed by atoms with E-state index in [4.69, 9.17) is 5.21 Å². The molecule has 2 aromatic rings. The Kier molecular flexibility index (Phi) is 6.99. The molecule has 0 heterocycles.